The number of rotatable bonds is 11. The average molecular weight is 892 g/mol. The zero-order valence-corrected chi connectivity index (χ0v) is 39.9. The molecule has 1 aromatic heterocycles. The van der Waals surface area contributed by atoms with Crippen molar-refractivity contribution >= 4 is 40.6 Å². The number of pyridine rings is 1. The molecule has 0 bridgehead atoms. The molecule has 64 heavy (non-hydrogen) atoms. The standard InChI is InChI=1S/C49H73N5O10/c1-12-39-49(8)43(54(47(59)64-49)24-23-53-21-19-52(11)20-22-53)32(4)40(55)30(2)28-48(7,60-25-15-16-35-27-36-17-13-14-18-37(36)50-29-35)44(33(5)41(56)34(6)45(58)62-39)63-46-42(57)38(51(9)10)26-31(3)61-46/h13-18,27,29-34,38-39,42-44,46,57H,12,19-26,28H2,1-11H3/b16-15+/t30-,31-,32+,33+,34-,38+,39-,42-,43-,44-,46+,48-,49-/m1/s1. The third kappa shape index (κ3) is 10.7. The summed E-state index contributed by atoms with van der Waals surface area (Å²) >= 11 is 0. The number of amides is 1. The number of likely N-dealkylation sites (N-methyl/N-ethyl adjacent to an activating group) is 2. The summed E-state index contributed by atoms with van der Waals surface area (Å²) in [6.07, 6.45) is 1.27. The number of carbonyl (C=O) groups excluding carboxylic acids is 4. The molecule has 6 rings (SSSR count). The number of carbonyl (C=O) groups is 4. The lowest BCUT2D eigenvalue weighted by molar-refractivity contribution is -0.296. The number of ketones is 2. The molecule has 4 saturated heterocycles. The van der Waals surface area contributed by atoms with E-state index in [1.165, 1.54) is 6.92 Å². The Balaban J connectivity index is 1.39. The summed E-state index contributed by atoms with van der Waals surface area (Å²) in [6.45, 7) is 18.6. The predicted molar refractivity (Wildman–Crippen MR) is 243 cm³/mol. The molecule has 15 nitrogen and oxygen atoms in total. The average Bonchev–Trinajstić information content (AvgIpc) is 3.53. The smallest absolute Gasteiger partial charge is 0.410 e. The van der Waals surface area contributed by atoms with Crippen LogP contribution in [-0.4, -0.2) is 174 Å². The van der Waals surface area contributed by atoms with E-state index >= 15 is 4.79 Å². The molecule has 4 fully saturated rings. The zero-order chi connectivity index (χ0) is 46.7. The van der Waals surface area contributed by atoms with E-state index < -0.39 is 83.4 Å². The monoisotopic (exact) mass is 892 g/mol. The number of cyclic esters (lactones) is 1. The van der Waals surface area contributed by atoms with Gasteiger partial charge in [-0.2, -0.15) is 0 Å². The first-order valence-corrected chi connectivity index (χ1v) is 23.3. The van der Waals surface area contributed by atoms with Crippen LogP contribution in [0.25, 0.3) is 17.0 Å². The lowest BCUT2D eigenvalue weighted by atomic mass is 9.73. The third-order valence-corrected chi connectivity index (χ3v) is 14.4. The van der Waals surface area contributed by atoms with Gasteiger partial charge in [-0.3, -0.25) is 29.2 Å². The minimum atomic E-state index is -1.40. The Hall–Kier alpha value is -3.83. The van der Waals surface area contributed by atoms with Crippen molar-refractivity contribution in [3.8, 4) is 0 Å². The summed E-state index contributed by atoms with van der Waals surface area (Å²) in [5.74, 6) is -5.10. The molecule has 5 heterocycles. The topological polar surface area (TPSA) is 161 Å². The van der Waals surface area contributed by atoms with Gasteiger partial charge in [-0.15, -0.1) is 0 Å². The molecule has 1 amide bonds. The lowest BCUT2D eigenvalue weighted by Crippen LogP contribution is -2.60. The Labute approximate surface area is 379 Å². The summed E-state index contributed by atoms with van der Waals surface area (Å²) in [5.41, 5.74) is -1.04. The fourth-order valence-corrected chi connectivity index (χ4v) is 10.6. The maximum absolute atomic E-state index is 15.1. The number of esters is 1. The highest BCUT2D eigenvalue weighted by Crippen LogP contribution is 2.43. The van der Waals surface area contributed by atoms with E-state index in [0.29, 0.717) is 19.5 Å². The lowest BCUT2D eigenvalue weighted by Gasteiger charge is -2.47. The maximum atomic E-state index is 15.1. The zero-order valence-electron chi connectivity index (χ0n) is 39.9. The van der Waals surface area contributed by atoms with Gasteiger partial charge in [0.25, 0.3) is 0 Å². The highest BCUT2D eigenvalue weighted by molar-refractivity contribution is 6.00. The number of aliphatic hydroxyl groups is 1. The number of hydrogen-bond acceptors (Lipinski definition) is 14. The van der Waals surface area contributed by atoms with Gasteiger partial charge in [0, 0.05) is 74.6 Å². The van der Waals surface area contributed by atoms with E-state index in [9.17, 15) is 19.5 Å². The molecule has 4 aliphatic heterocycles. The molecule has 0 radical (unpaired) electrons. The second-order valence-corrected chi connectivity index (χ2v) is 19.5. The van der Waals surface area contributed by atoms with Gasteiger partial charge in [-0.05, 0) is 85.8 Å². The van der Waals surface area contributed by atoms with Crippen LogP contribution in [0, 0.1) is 23.7 Å². The summed E-state index contributed by atoms with van der Waals surface area (Å²) in [4.78, 5) is 70.8. The molecular formula is C49H73N5O10. The molecule has 1 aromatic carbocycles. The largest absolute Gasteiger partial charge is 0.458 e. The molecule has 0 saturated carbocycles. The van der Waals surface area contributed by atoms with Crippen molar-refractivity contribution < 1.29 is 48.0 Å². The van der Waals surface area contributed by atoms with E-state index in [-0.39, 0.29) is 37.4 Å². The second kappa shape index (κ2) is 20.8. The van der Waals surface area contributed by atoms with Crippen molar-refractivity contribution in [2.24, 2.45) is 23.7 Å². The normalized spacial score (nSPS) is 36.6. The van der Waals surface area contributed by atoms with E-state index in [1.807, 2.05) is 96.1 Å². The van der Waals surface area contributed by atoms with Gasteiger partial charge in [0.05, 0.1) is 36.0 Å². The van der Waals surface area contributed by atoms with E-state index in [2.05, 4.69) is 21.8 Å². The minimum absolute atomic E-state index is 0.0598. The van der Waals surface area contributed by atoms with Gasteiger partial charge < -0.3 is 38.6 Å². The van der Waals surface area contributed by atoms with Gasteiger partial charge >= 0.3 is 12.1 Å². The highest BCUT2D eigenvalue weighted by atomic mass is 16.7. The molecule has 0 spiro atoms. The number of piperazine rings is 1. The molecule has 1 N–H and O–H groups in total. The van der Waals surface area contributed by atoms with Crippen LogP contribution in [0.1, 0.15) is 80.2 Å². The number of nitrogens with zero attached hydrogens (tertiary/aromatic N) is 5. The van der Waals surface area contributed by atoms with Crippen molar-refractivity contribution in [3.63, 3.8) is 0 Å². The summed E-state index contributed by atoms with van der Waals surface area (Å²) < 4.78 is 32.4. The van der Waals surface area contributed by atoms with Gasteiger partial charge in [0.1, 0.15) is 23.9 Å². The molecule has 0 unspecified atom stereocenters. The van der Waals surface area contributed by atoms with Crippen molar-refractivity contribution in [1.29, 1.82) is 0 Å². The molecule has 15 heteroatoms. The second-order valence-electron chi connectivity index (χ2n) is 19.5. The molecule has 2 aromatic rings. The molecule has 4 aliphatic rings. The number of aromatic nitrogens is 1. The van der Waals surface area contributed by atoms with E-state index in [1.54, 1.807) is 24.9 Å². The molecular weight excluding hydrogens is 819 g/mol. The number of ether oxygens (including phenoxy) is 5. The molecule has 0 aliphatic carbocycles. The van der Waals surface area contributed by atoms with E-state index in [4.69, 9.17) is 23.7 Å². The number of Topliss-reactive ketones (excluding diaryl/α,β-unsaturated/α-hetero) is 2. The van der Waals surface area contributed by atoms with Crippen LogP contribution in [0.2, 0.25) is 0 Å². The first kappa shape index (κ1) is 49.6. The van der Waals surface area contributed by atoms with Crippen LogP contribution >= 0.6 is 0 Å². The van der Waals surface area contributed by atoms with Crippen LogP contribution in [0.15, 0.2) is 42.6 Å². The third-order valence-electron chi connectivity index (χ3n) is 14.4. The van der Waals surface area contributed by atoms with Gasteiger partial charge in [0.15, 0.2) is 17.7 Å². The summed E-state index contributed by atoms with van der Waals surface area (Å²) in [5, 5.41) is 12.7. The quantitative estimate of drug-likeness (QED) is 0.235. The Kier molecular flexibility index (Phi) is 16.1. The number of benzene rings is 1. The molecule has 354 valence electrons. The van der Waals surface area contributed by atoms with Crippen LogP contribution in [0.3, 0.4) is 0 Å². The van der Waals surface area contributed by atoms with Gasteiger partial charge in [0.2, 0.25) is 0 Å². The number of fused-ring (bicyclic) bond motifs is 2. The highest BCUT2D eigenvalue weighted by Gasteiger charge is 2.60. The van der Waals surface area contributed by atoms with Crippen LogP contribution in [-0.2, 0) is 38.1 Å². The van der Waals surface area contributed by atoms with Crippen molar-refractivity contribution in [2.45, 2.75) is 129 Å². The SMILES string of the molecule is CC[C@H]1OC(=O)[C@H](C)C(=O)[C@H](C)[C@@H](O[C@@H]2O[C@H](C)C[C@H](N(C)C)[C@H]2O)[C@](C)(OC/C=C/c2cnc3ccccc3c2)C[C@@H](C)C(=O)[C@H](C)[C@H]2N(CCN3CCN(C)CC3)C(=O)O[C@]12C. The summed E-state index contributed by atoms with van der Waals surface area (Å²) in [7, 11) is 5.85. The number of para-hydroxylation sites is 1. The predicted octanol–water partition coefficient (Wildman–Crippen LogP) is 5.07. The van der Waals surface area contributed by atoms with Crippen LogP contribution in [0.4, 0.5) is 4.79 Å². The van der Waals surface area contributed by atoms with Crippen LogP contribution < -0.4 is 0 Å². The van der Waals surface area contributed by atoms with Gasteiger partial charge in [-0.1, -0.05) is 58.0 Å². The Morgan fingerprint density at radius 3 is 2.36 bits per heavy atom. The molecule has 13 atom stereocenters. The summed E-state index contributed by atoms with van der Waals surface area (Å²) in [6, 6.07) is 8.78. The first-order chi connectivity index (χ1) is 30.3. The minimum Gasteiger partial charge on any atom is -0.458 e. The van der Waals surface area contributed by atoms with Crippen molar-refractivity contribution in [2.75, 3.05) is 67.0 Å². The maximum Gasteiger partial charge on any atom is 0.410 e. The van der Waals surface area contributed by atoms with Crippen molar-refractivity contribution in [3.05, 3.63) is 48.2 Å². The van der Waals surface area contributed by atoms with E-state index in [0.717, 1.165) is 42.6 Å². The number of hydrogen-bond donors (Lipinski definition) is 1. The first-order valence-electron chi connectivity index (χ1n) is 23.3. The van der Waals surface area contributed by atoms with Crippen molar-refractivity contribution in [1.82, 2.24) is 24.6 Å². The van der Waals surface area contributed by atoms with Crippen LogP contribution in [0.5, 0.6) is 0 Å². The Morgan fingerprint density at radius 1 is 0.969 bits per heavy atom. The fourth-order valence-electron chi connectivity index (χ4n) is 10.6. The fraction of sp³-hybridized carbons (Fsp3) is 0.694. The Bertz CT molecular complexity index is 1990. The van der Waals surface area contributed by atoms with Gasteiger partial charge in [-0.25, -0.2) is 4.79 Å². The number of aliphatic hydroxyl groups excluding tert-OH is 1. The Morgan fingerprint density at radius 2 is 1.67 bits per heavy atom.